The molecule has 0 amide bonds. The summed E-state index contributed by atoms with van der Waals surface area (Å²) in [7, 11) is 0. The monoisotopic (exact) mass is 362 g/mol. The third kappa shape index (κ3) is 3.11. The first-order valence-corrected chi connectivity index (χ1v) is 8.24. The maximum atomic E-state index is 9.75. The molecule has 1 aliphatic heterocycles. The van der Waals surface area contributed by atoms with Gasteiger partial charge < -0.3 is 5.11 Å². The smallest absolute Gasteiger partial charge is 0.180 e. The SMILES string of the molecule is CCN1N=C(c2ccccc2Cl)N(CO)N=C1c1ccccc1Cl. The van der Waals surface area contributed by atoms with E-state index < -0.39 is 0 Å². The molecule has 0 atom stereocenters. The maximum absolute atomic E-state index is 9.75. The summed E-state index contributed by atoms with van der Waals surface area (Å²) in [6.07, 6.45) is 0. The summed E-state index contributed by atoms with van der Waals surface area (Å²) in [5, 5.41) is 23.2. The minimum Gasteiger partial charge on any atom is -0.374 e. The Balaban J connectivity index is 2.08. The fourth-order valence-electron chi connectivity index (χ4n) is 2.42. The molecule has 0 aliphatic carbocycles. The van der Waals surface area contributed by atoms with Gasteiger partial charge in [0.05, 0.1) is 10.0 Å². The Kier molecular flexibility index (Phi) is 5.04. The molecule has 0 saturated heterocycles. The quantitative estimate of drug-likeness (QED) is 0.903. The van der Waals surface area contributed by atoms with Crippen molar-refractivity contribution in [3.05, 3.63) is 69.7 Å². The lowest BCUT2D eigenvalue weighted by atomic mass is 10.2. The molecule has 0 radical (unpaired) electrons. The van der Waals surface area contributed by atoms with Gasteiger partial charge >= 0.3 is 0 Å². The minimum atomic E-state index is -0.324. The minimum absolute atomic E-state index is 0.324. The van der Waals surface area contributed by atoms with E-state index in [9.17, 15) is 5.11 Å². The van der Waals surface area contributed by atoms with E-state index in [0.717, 1.165) is 5.56 Å². The van der Waals surface area contributed by atoms with Crippen LogP contribution in [0.5, 0.6) is 0 Å². The van der Waals surface area contributed by atoms with Crippen molar-refractivity contribution >= 4 is 34.9 Å². The first-order valence-electron chi connectivity index (χ1n) is 7.48. The van der Waals surface area contributed by atoms with E-state index in [4.69, 9.17) is 23.2 Å². The highest BCUT2D eigenvalue weighted by atomic mass is 35.5. The molecular formula is C17H16Cl2N4O. The van der Waals surface area contributed by atoms with Crippen molar-refractivity contribution in [1.82, 2.24) is 10.0 Å². The molecule has 124 valence electrons. The van der Waals surface area contributed by atoms with Crippen molar-refractivity contribution in [1.29, 1.82) is 0 Å². The zero-order valence-electron chi connectivity index (χ0n) is 13.0. The van der Waals surface area contributed by atoms with E-state index in [0.29, 0.717) is 33.8 Å². The number of rotatable bonds is 4. The Morgan fingerprint density at radius 1 is 0.833 bits per heavy atom. The fourth-order valence-corrected chi connectivity index (χ4v) is 2.86. The van der Waals surface area contributed by atoms with Gasteiger partial charge in [-0.15, -0.1) is 5.10 Å². The van der Waals surface area contributed by atoms with Crippen molar-refractivity contribution in [2.45, 2.75) is 6.92 Å². The lowest BCUT2D eigenvalue weighted by Gasteiger charge is -2.31. The fraction of sp³-hybridized carbons (Fsp3) is 0.176. The van der Waals surface area contributed by atoms with E-state index in [-0.39, 0.29) is 6.73 Å². The van der Waals surface area contributed by atoms with Gasteiger partial charge in [0.1, 0.15) is 6.73 Å². The molecule has 0 unspecified atom stereocenters. The van der Waals surface area contributed by atoms with Crippen LogP contribution in [0, 0.1) is 0 Å². The lowest BCUT2D eigenvalue weighted by molar-refractivity contribution is 0.166. The molecule has 2 aromatic carbocycles. The number of aliphatic hydroxyl groups is 1. The highest BCUT2D eigenvalue weighted by Gasteiger charge is 2.26. The summed E-state index contributed by atoms with van der Waals surface area (Å²) in [6, 6.07) is 14.7. The van der Waals surface area contributed by atoms with E-state index in [1.165, 1.54) is 5.01 Å². The topological polar surface area (TPSA) is 51.4 Å². The Morgan fingerprint density at radius 2 is 1.29 bits per heavy atom. The molecule has 0 spiro atoms. The van der Waals surface area contributed by atoms with Gasteiger partial charge in [0, 0.05) is 17.7 Å². The predicted molar refractivity (Wildman–Crippen MR) is 97.3 cm³/mol. The molecule has 1 aliphatic rings. The molecule has 2 aromatic rings. The second-order valence-corrected chi connectivity index (χ2v) is 5.88. The second-order valence-electron chi connectivity index (χ2n) is 5.06. The van der Waals surface area contributed by atoms with Gasteiger partial charge in [0.2, 0.25) is 0 Å². The van der Waals surface area contributed by atoms with Crippen LogP contribution in [0.3, 0.4) is 0 Å². The summed E-state index contributed by atoms with van der Waals surface area (Å²) >= 11 is 12.6. The second kappa shape index (κ2) is 7.21. The third-order valence-electron chi connectivity index (χ3n) is 3.58. The first kappa shape index (κ1) is 16.8. The van der Waals surface area contributed by atoms with Crippen LogP contribution in [-0.4, -0.2) is 40.1 Å². The maximum Gasteiger partial charge on any atom is 0.180 e. The number of amidine groups is 2. The summed E-state index contributed by atoms with van der Waals surface area (Å²) < 4.78 is 0. The van der Waals surface area contributed by atoms with Crippen LogP contribution in [0.15, 0.2) is 58.7 Å². The van der Waals surface area contributed by atoms with E-state index in [2.05, 4.69) is 10.2 Å². The number of hydrogen-bond donors (Lipinski definition) is 1. The molecule has 24 heavy (non-hydrogen) atoms. The van der Waals surface area contributed by atoms with Crippen molar-refractivity contribution in [2.24, 2.45) is 10.2 Å². The van der Waals surface area contributed by atoms with Gasteiger partial charge in [0.25, 0.3) is 0 Å². The Morgan fingerprint density at radius 3 is 1.75 bits per heavy atom. The molecule has 0 aromatic heterocycles. The predicted octanol–water partition coefficient (Wildman–Crippen LogP) is 3.60. The van der Waals surface area contributed by atoms with Crippen molar-refractivity contribution in [3.8, 4) is 0 Å². The molecule has 1 N–H and O–H groups in total. The third-order valence-corrected chi connectivity index (χ3v) is 4.24. The van der Waals surface area contributed by atoms with Crippen LogP contribution in [0.1, 0.15) is 18.1 Å². The largest absolute Gasteiger partial charge is 0.374 e. The number of hydrazone groups is 2. The molecule has 0 fully saturated rings. The summed E-state index contributed by atoms with van der Waals surface area (Å²) in [5.41, 5.74) is 1.45. The molecule has 3 rings (SSSR count). The lowest BCUT2D eigenvalue weighted by Crippen LogP contribution is -2.41. The van der Waals surface area contributed by atoms with Gasteiger partial charge in [-0.25, -0.2) is 10.0 Å². The Labute approximate surface area is 150 Å². The average molecular weight is 363 g/mol. The Hall–Kier alpha value is -2.08. The normalized spacial score (nSPS) is 14.5. The van der Waals surface area contributed by atoms with E-state index >= 15 is 0 Å². The van der Waals surface area contributed by atoms with Crippen LogP contribution < -0.4 is 0 Å². The summed E-state index contributed by atoms with van der Waals surface area (Å²) in [5.74, 6) is 1.06. The standard InChI is InChI=1S/C17H16Cl2N4O/c1-2-22-16(12-7-3-5-9-14(12)18)21-23(11-24)17(20-22)13-8-4-6-10-15(13)19/h3-10,24H,2,11H2,1H3. The zero-order chi connectivity index (χ0) is 17.1. The van der Waals surface area contributed by atoms with Crippen LogP contribution in [0.4, 0.5) is 0 Å². The summed E-state index contributed by atoms with van der Waals surface area (Å²) in [4.78, 5) is 0. The highest BCUT2D eigenvalue weighted by molar-refractivity contribution is 6.35. The zero-order valence-corrected chi connectivity index (χ0v) is 14.5. The molecule has 1 heterocycles. The van der Waals surface area contributed by atoms with Gasteiger partial charge in [-0.2, -0.15) is 5.10 Å². The first-order chi connectivity index (χ1) is 11.7. The van der Waals surface area contributed by atoms with Gasteiger partial charge in [-0.05, 0) is 31.2 Å². The number of aliphatic hydroxyl groups excluding tert-OH is 1. The van der Waals surface area contributed by atoms with Crippen LogP contribution in [-0.2, 0) is 0 Å². The molecule has 0 saturated carbocycles. The van der Waals surface area contributed by atoms with E-state index in [1.807, 2.05) is 43.3 Å². The van der Waals surface area contributed by atoms with Gasteiger partial charge in [0.15, 0.2) is 11.7 Å². The number of hydrogen-bond acceptors (Lipinski definition) is 5. The Bertz CT molecular complexity index is 739. The summed E-state index contributed by atoms with van der Waals surface area (Å²) in [6.45, 7) is 2.24. The number of halogens is 2. The number of nitrogens with zero attached hydrogens (tertiary/aromatic N) is 4. The molecule has 5 nitrogen and oxygen atoms in total. The highest BCUT2D eigenvalue weighted by Crippen LogP contribution is 2.24. The van der Waals surface area contributed by atoms with Crippen molar-refractivity contribution in [3.63, 3.8) is 0 Å². The van der Waals surface area contributed by atoms with Gasteiger partial charge in [-0.1, -0.05) is 47.5 Å². The van der Waals surface area contributed by atoms with Crippen LogP contribution in [0.2, 0.25) is 10.0 Å². The average Bonchev–Trinajstić information content (AvgIpc) is 2.61. The van der Waals surface area contributed by atoms with E-state index in [1.54, 1.807) is 17.1 Å². The molecular weight excluding hydrogens is 347 g/mol. The van der Waals surface area contributed by atoms with Crippen LogP contribution >= 0.6 is 23.2 Å². The number of benzene rings is 2. The van der Waals surface area contributed by atoms with Crippen molar-refractivity contribution in [2.75, 3.05) is 13.3 Å². The molecule has 7 heteroatoms. The van der Waals surface area contributed by atoms with Crippen LogP contribution in [0.25, 0.3) is 0 Å². The van der Waals surface area contributed by atoms with Gasteiger partial charge in [-0.3, -0.25) is 0 Å². The molecule has 0 bridgehead atoms. The van der Waals surface area contributed by atoms with Crippen molar-refractivity contribution < 1.29 is 5.11 Å².